The summed E-state index contributed by atoms with van der Waals surface area (Å²) in [7, 11) is 1.80. The van der Waals surface area contributed by atoms with Gasteiger partial charge in [-0.15, -0.1) is 35.7 Å². The molecule has 154 valence electrons. The lowest BCUT2D eigenvalue weighted by atomic mass is 10.3. The highest BCUT2D eigenvalue weighted by molar-refractivity contribution is 14.0. The van der Waals surface area contributed by atoms with Crippen molar-refractivity contribution in [2.24, 2.45) is 4.99 Å². The van der Waals surface area contributed by atoms with Crippen molar-refractivity contribution in [1.29, 1.82) is 0 Å². The van der Waals surface area contributed by atoms with E-state index < -0.39 is 0 Å². The van der Waals surface area contributed by atoms with E-state index in [1.807, 2.05) is 12.1 Å². The molecule has 1 aliphatic heterocycles. The molecule has 0 amide bonds. The number of aliphatic imine (C=N–C) groups is 1. The van der Waals surface area contributed by atoms with Crippen molar-refractivity contribution in [2.75, 3.05) is 58.7 Å². The lowest BCUT2D eigenvalue weighted by molar-refractivity contribution is 0.0372. The van der Waals surface area contributed by atoms with Crippen LogP contribution in [-0.2, 0) is 4.74 Å². The normalized spacial score (nSPS) is 15.3. The van der Waals surface area contributed by atoms with Crippen LogP contribution < -0.4 is 10.6 Å². The van der Waals surface area contributed by atoms with E-state index in [1.54, 1.807) is 18.8 Å². The third-order valence-corrected chi connectivity index (χ3v) is 5.32. The summed E-state index contributed by atoms with van der Waals surface area (Å²) in [6.45, 7) is 6.83. The Labute approximate surface area is 183 Å². The molecule has 1 aromatic carbocycles. The summed E-state index contributed by atoms with van der Waals surface area (Å²) in [4.78, 5) is 7.83. The van der Waals surface area contributed by atoms with E-state index in [0.717, 1.165) is 75.4 Å². The van der Waals surface area contributed by atoms with E-state index >= 15 is 0 Å². The number of nitrogens with zero attached hydrogens (tertiary/aromatic N) is 2. The molecule has 0 bridgehead atoms. The number of nitrogens with one attached hydrogen (secondary N) is 2. The molecule has 1 fully saturated rings. The van der Waals surface area contributed by atoms with Gasteiger partial charge in [0.25, 0.3) is 0 Å². The molecular weight excluding hydrogens is 478 g/mol. The average Bonchev–Trinajstić information content (AvgIpc) is 2.68. The van der Waals surface area contributed by atoms with Crippen LogP contribution >= 0.6 is 35.7 Å². The molecule has 0 atom stereocenters. The van der Waals surface area contributed by atoms with Crippen LogP contribution in [0.5, 0.6) is 0 Å². The second-order valence-corrected chi connectivity index (χ2v) is 7.41. The van der Waals surface area contributed by atoms with Crippen molar-refractivity contribution in [3.8, 4) is 0 Å². The maximum atomic E-state index is 12.9. The highest BCUT2D eigenvalue weighted by Gasteiger charge is 2.09. The topological polar surface area (TPSA) is 48.9 Å². The lowest BCUT2D eigenvalue weighted by Gasteiger charge is -2.26. The smallest absolute Gasteiger partial charge is 0.190 e. The van der Waals surface area contributed by atoms with Gasteiger partial charge in [-0.05, 0) is 55.8 Å². The van der Waals surface area contributed by atoms with Crippen LogP contribution in [0, 0.1) is 5.82 Å². The van der Waals surface area contributed by atoms with Crippen LogP contribution in [0.25, 0.3) is 0 Å². The van der Waals surface area contributed by atoms with E-state index in [0.29, 0.717) is 0 Å². The maximum absolute atomic E-state index is 12.9. The number of rotatable bonds is 10. The first-order valence-corrected chi connectivity index (χ1v) is 10.4. The number of hydrogen-bond acceptors (Lipinski definition) is 4. The van der Waals surface area contributed by atoms with Crippen molar-refractivity contribution < 1.29 is 9.13 Å². The molecule has 27 heavy (non-hydrogen) atoms. The second-order valence-electron chi connectivity index (χ2n) is 6.24. The van der Waals surface area contributed by atoms with Gasteiger partial charge < -0.3 is 15.4 Å². The molecule has 1 saturated heterocycles. The molecule has 2 rings (SSSR count). The molecule has 1 aromatic rings. The summed E-state index contributed by atoms with van der Waals surface area (Å²) in [6, 6.07) is 6.66. The summed E-state index contributed by atoms with van der Waals surface area (Å²) in [5, 5.41) is 6.71. The Balaban J connectivity index is 0.00000364. The molecule has 8 heteroatoms. The summed E-state index contributed by atoms with van der Waals surface area (Å²) in [5.74, 6) is 1.67. The van der Waals surface area contributed by atoms with E-state index in [1.165, 1.54) is 18.6 Å². The van der Waals surface area contributed by atoms with Gasteiger partial charge in [-0.1, -0.05) is 0 Å². The molecule has 2 N–H and O–H groups in total. The number of guanidine groups is 1. The van der Waals surface area contributed by atoms with Crippen LogP contribution in [0.4, 0.5) is 4.39 Å². The first-order chi connectivity index (χ1) is 12.8. The Bertz CT molecular complexity index is 527. The first kappa shape index (κ1) is 24.5. The van der Waals surface area contributed by atoms with Crippen molar-refractivity contribution in [1.82, 2.24) is 15.5 Å². The number of benzene rings is 1. The van der Waals surface area contributed by atoms with E-state index in [9.17, 15) is 4.39 Å². The zero-order valence-corrected chi connectivity index (χ0v) is 19.2. The fraction of sp³-hybridized carbons (Fsp3) is 0.632. The van der Waals surface area contributed by atoms with E-state index in [4.69, 9.17) is 4.74 Å². The third kappa shape index (κ3) is 11.1. The molecular formula is C19H32FIN4OS. The van der Waals surface area contributed by atoms with Crippen LogP contribution in [-0.4, -0.2) is 69.6 Å². The zero-order chi connectivity index (χ0) is 18.5. The van der Waals surface area contributed by atoms with Gasteiger partial charge in [0.15, 0.2) is 5.96 Å². The quantitative estimate of drug-likeness (QED) is 0.167. The zero-order valence-electron chi connectivity index (χ0n) is 16.1. The molecule has 0 saturated carbocycles. The molecule has 0 unspecified atom stereocenters. The van der Waals surface area contributed by atoms with Gasteiger partial charge in [-0.25, -0.2) is 4.39 Å². The number of thioether (sulfide) groups is 1. The lowest BCUT2D eigenvalue weighted by Crippen LogP contribution is -2.39. The van der Waals surface area contributed by atoms with E-state index in [-0.39, 0.29) is 29.8 Å². The predicted octanol–water partition coefficient (Wildman–Crippen LogP) is 3.20. The van der Waals surface area contributed by atoms with Crippen molar-refractivity contribution in [3.63, 3.8) is 0 Å². The van der Waals surface area contributed by atoms with Crippen molar-refractivity contribution in [3.05, 3.63) is 30.1 Å². The van der Waals surface area contributed by atoms with Gasteiger partial charge in [-0.2, -0.15) is 0 Å². The summed E-state index contributed by atoms with van der Waals surface area (Å²) < 4.78 is 18.2. The molecule has 0 aromatic heterocycles. The predicted molar refractivity (Wildman–Crippen MR) is 123 cm³/mol. The molecule has 0 spiro atoms. The third-order valence-electron chi connectivity index (χ3n) is 4.22. The number of ether oxygens (including phenoxy) is 1. The van der Waals surface area contributed by atoms with Gasteiger partial charge in [-0.3, -0.25) is 9.89 Å². The standard InChI is InChI=1S/C19H31FN4OS.HI/c1-21-19(22-9-2-3-11-24-12-14-25-15-13-24)23-10-4-16-26-18-7-5-17(20)6-8-18;/h5-8H,2-4,9-16H2,1H3,(H2,21,22,23);1H. The fourth-order valence-corrected chi connectivity index (χ4v) is 3.57. The van der Waals surface area contributed by atoms with Gasteiger partial charge in [0, 0.05) is 38.1 Å². The van der Waals surface area contributed by atoms with Gasteiger partial charge >= 0.3 is 0 Å². The summed E-state index contributed by atoms with van der Waals surface area (Å²) in [6.07, 6.45) is 3.36. The maximum Gasteiger partial charge on any atom is 0.190 e. The molecule has 0 aliphatic carbocycles. The van der Waals surface area contributed by atoms with Crippen LogP contribution in [0.1, 0.15) is 19.3 Å². The highest BCUT2D eigenvalue weighted by atomic mass is 127. The Morgan fingerprint density at radius 3 is 2.44 bits per heavy atom. The van der Waals surface area contributed by atoms with Crippen molar-refractivity contribution >= 4 is 41.7 Å². The molecule has 5 nitrogen and oxygen atoms in total. The number of halogens is 2. The Morgan fingerprint density at radius 2 is 1.78 bits per heavy atom. The van der Waals surface area contributed by atoms with Gasteiger partial charge in [0.1, 0.15) is 5.82 Å². The van der Waals surface area contributed by atoms with Crippen LogP contribution in [0.15, 0.2) is 34.2 Å². The SMILES string of the molecule is CN=C(NCCCCN1CCOCC1)NCCCSc1ccc(F)cc1.I. The molecule has 0 radical (unpaired) electrons. The Hall–Kier alpha value is -0.580. The van der Waals surface area contributed by atoms with Crippen LogP contribution in [0.2, 0.25) is 0 Å². The Morgan fingerprint density at radius 1 is 1.11 bits per heavy atom. The second kappa shape index (κ2) is 15.4. The Kier molecular flexibility index (Phi) is 13.9. The van der Waals surface area contributed by atoms with Crippen molar-refractivity contribution in [2.45, 2.75) is 24.2 Å². The number of unbranched alkanes of at least 4 members (excludes halogenated alkanes) is 1. The minimum atomic E-state index is -0.184. The summed E-state index contributed by atoms with van der Waals surface area (Å²) in [5.41, 5.74) is 0. The minimum Gasteiger partial charge on any atom is -0.379 e. The van der Waals surface area contributed by atoms with Gasteiger partial charge in [0.05, 0.1) is 13.2 Å². The molecule has 1 heterocycles. The number of morpholine rings is 1. The van der Waals surface area contributed by atoms with E-state index in [2.05, 4.69) is 20.5 Å². The molecule has 1 aliphatic rings. The minimum absolute atomic E-state index is 0. The highest BCUT2D eigenvalue weighted by Crippen LogP contribution is 2.18. The first-order valence-electron chi connectivity index (χ1n) is 9.41. The monoisotopic (exact) mass is 510 g/mol. The van der Waals surface area contributed by atoms with Gasteiger partial charge in [0.2, 0.25) is 0 Å². The largest absolute Gasteiger partial charge is 0.379 e. The summed E-state index contributed by atoms with van der Waals surface area (Å²) >= 11 is 1.75. The fourth-order valence-electron chi connectivity index (χ4n) is 2.71. The van der Waals surface area contributed by atoms with Crippen LogP contribution in [0.3, 0.4) is 0 Å². The number of hydrogen-bond donors (Lipinski definition) is 2. The average molecular weight is 510 g/mol.